The molecule has 0 aliphatic rings. The lowest BCUT2D eigenvalue weighted by Gasteiger charge is -2.14. The van der Waals surface area contributed by atoms with Crippen LogP contribution in [0.15, 0.2) is 59.2 Å². The second-order valence-electron chi connectivity index (χ2n) is 6.05. The van der Waals surface area contributed by atoms with Crippen molar-refractivity contribution in [1.29, 1.82) is 0 Å². The third-order valence-corrected chi connectivity index (χ3v) is 3.92. The molecule has 2 aromatic carbocycles. The number of para-hydroxylation sites is 2. The molecule has 0 saturated carbocycles. The van der Waals surface area contributed by atoms with Crippen LogP contribution >= 0.6 is 0 Å². The predicted octanol–water partition coefficient (Wildman–Crippen LogP) is 4.61. The number of hydrogen-bond donors (Lipinski definition) is 2. The van der Waals surface area contributed by atoms with Crippen molar-refractivity contribution >= 4 is 11.7 Å². The summed E-state index contributed by atoms with van der Waals surface area (Å²) in [4.78, 5) is 16.3. The molecule has 0 unspecified atom stereocenters. The summed E-state index contributed by atoms with van der Waals surface area (Å²) in [7, 11) is 1.57. The Labute approximate surface area is 169 Å². The third kappa shape index (κ3) is 5.90. The molecule has 1 aromatic heterocycles. The van der Waals surface area contributed by atoms with E-state index in [1.165, 1.54) is 24.5 Å². The Bertz CT molecular complexity index is 987. The number of nitrogens with one attached hydrogen (secondary N) is 2. The Hall–Kier alpha value is -3.69. The van der Waals surface area contributed by atoms with E-state index in [4.69, 9.17) is 9.15 Å². The Balaban J connectivity index is 1.51. The highest BCUT2D eigenvalue weighted by atomic mass is 19.4. The Kier molecular flexibility index (Phi) is 6.45. The maximum Gasteiger partial charge on any atom is 0.573 e. The lowest BCUT2D eigenvalue weighted by Crippen LogP contribution is -2.31. The molecule has 3 rings (SSSR count). The molecule has 7 nitrogen and oxygen atoms in total. The van der Waals surface area contributed by atoms with Crippen LogP contribution in [0.5, 0.6) is 11.5 Å². The first-order chi connectivity index (χ1) is 14.3. The number of hydrogen-bond acceptors (Lipinski definition) is 5. The number of carbonyl (C=O) groups excluding carboxylic acids is 1. The summed E-state index contributed by atoms with van der Waals surface area (Å²) in [6.45, 7) is 0.197. The third-order valence-electron chi connectivity index (χ3n) is 3.92. The van der Waals surface area contributed by atoms with E-state index in [9.17, 15) is 18.0 Å². The molecule has 2 amide bonds. The molecule has 1 heterocycles. The molecule has 0 fully saturated rings. The van der Waals surface area contributed by atoms with Crippen LogP contribution in [0, 0.1) is 0 Å². The average Bonchev–Trinajstić information content (AvgIpc) is 3.17. The smallest absolute Gasteiger partial charge is 0.497 e. The summed E-state index contributed by atoms with van der Waals surface area (Å²) < 4.78 is 51.7. The van der Waals surface area contributed by atoms with Gasteiger partial charge in [-0.3, -0.25) is 0 Å². The van der Waals surface area contributed by atoms with Crippen molar-refractivity contribution in [1.82, 2.24) is 10.3 Å². The van der Waals surface area contributed by atoms with E-state index in [0.29, 0.717) is 23.8 Å². The topological polar surface area (TPSA) is 85.6 Å². The average molecular weight is 421 g/mol. The second-order valence-corrected chi connectivity index (χ2v) is 6.05. The van der Waals surface area contributed by atoms with Gasteiger partial charge in [0.1, 0.15) is 12.0 Å². The predicted molar refractivity (Wildman–Crippen MR) is 102 cm³/mol. The number of anilines is 1. The highest BCUT2D eigenvalue weighted by molar-refractivity contribution is 5.90. The largest absolute Gasteiger partial charge is 0.573 e. The van der Waals surface area contributed by atoms with E-state index < -0.39 is 18.1 Å². The number of benzene rings is 2. The molecule has 3 aromatic rings. The molecule has 0 atom stereocenters. The van der Waals surface area contributed by atoms with Crippen molar-refractivity contribution in [2.24, 2.45) is 0 Å². The highest BCUT2D eigenvalue weighted by Crippen LogP contribution is 2.29. The first kappa shape index (κ1) is 21.0. The minimum atomic E-state index is -4.86. The van der Waals surface area contributed by atoms with Crippen molar-refractivity contribution in [2.75, 3.05) is 19.0 Å². The van der Waals surface area contributed by atoms with Crippen LogP contribution in [0.3, 0.4) is 0 Å². The molecule has 158 valence electrons. The van der Waals surface area contributed by atoms with E-state index >= 15 is 0 Å². The molecule has 2 N–H and O–H groups in total. The van der Waals surface area contributed by atoms with Gasteiger partial charge in [-0.2, -0.15) is 0 Å². The van der Waals surface area contributed by atoms with Crippen molar-refractivity contribution in [3.05, 3.63) is 60.5 Å². The summed E-state index contributed by atoms with van der Waals surface area (Å²) in [5, 5.41) is 4.88. The van der Waals surface area contributed by atoms with Crippen molar-refractivity contribution in [3.8, 4) is 23.0 Å². The lowest BCUT2D eigenvalue weighted by molar-refractivity contribution is -0.274. The van der Waals surface area contributed by atoms with Gasteiger partial charge >= 0.3 is 12.4 Å². The van der Waals surface area contributed by atoms with E-state index in [-0.39, 0.29) is 12.2 Å². The van der Waals surface area contributed by atoms with Gasteiger partial charge in [-0.1, -0.05) is 12.1 Å². The molecular weight excluding hydrogens is 403 g/mol. The maximum absolute atomic E-state index is 12.4. The first-order valence-electron chi connectivity index (χ1n) is 8.82. The monoisotopic (exact) mass is 421 g/mol. The molecule has 0 radical (unpaired) electrons. The fourth-order valence-electron chi connectivity index (χ4n) is 2.54. The second kappa shape index (κ2) is 9.21. The Morgan fingerprint density at radius 3 is 2.57 bits per heavy atom. The molecule has 0 saturated heterocycles. The molecule has 30 heavy (non-hydrogen) atoms. The van der Waals surface area contributed by atoms with Crippen LogP contribution in [0.1, 0.15) is 5.69 Å². The number of urea groups is 1. The molecule has 0 aliphatic heterocycles. The lowest BCUT2D eigenvalue weighted by atomic mass is 10.2. The summed E-state index contributed by atoms with van der Waals surface area (Å²) in [5.74, 6) is 0.638. The summed E-state index contributed by atoms with van der Waals surface area (Å²) in [6, 6.07) is 11.8. The summed E-state index contributed by atoms with van der Waals surface area (Å²) in [5.41, 5.74) is 1.28. The van der Waals surface area contributed by atoms with Crippen LogP contribution < -0.4 is 20.1 Å². The Morgan fingerprint density at radius 1 is 1.13 bits per heavy atom. The van der Waals surface area contributed by atoms with Gasteiger partial charge in [0, 0.05) is 18.5 Å². The summed E-state index contributed by atoms with van der Waals surface area (Å²) in [6.07, 6.45) is -3.01. The number of ether oxygens (including phenoxy) is 2. The number of methoxy groups -OCH3 is 1. The number of aromatic nitrogens is 1. The van der Waals surface area contributed by atoms with E-state index in [2.05, 4.69) is 20.4 Å². The minimum Gasteiger partial charge on any atom is -0.497 e. The first-order valence-corrected chi connectivity index (χ1v) is 8.82. The van der Waals surface area contributed by atoms with E-state index in [1.807, 2.05) is 0 Å². The van der Waals surface area contributed by atoms with Gasteiger partial charge in [0.2, 0.25) is 5.89 Å². The fourth-order valence-corrected chi connectivity index (χ4v) is 2.54. The van der Waals surface area contributed by atoms with Crippen molar-refractivity contribution in [2.45, 2.75) is 12.8 Å². The number of oxazole rings is 1. The van der Waals surface area contributed by atoms with Gasteiger partial charge in [0.15, 0.2) is 5.75 Å². The molecule has 0 aliphatic carbocycles. The van der Waals surface area contributed by atoms with E-state index in [1.54, 1.807) is 31.4 Å². The van der Waals surface area contributed by atoms with Gasteiger partial charge in [0.05, 0.1) is 18.5 Å². The zero-order chi connectivity index (χ0) is 21.6. The van der Waals surface area contributed by atoms with Crippen LogP contribution in [0.4, 0.5) is 23.7 Å². The van der Waals surface area contributed by atoms with Gasteiger partial charge < -0.3 is 24.5 Å². The number of amides is 2. The standard InChI is InChI=1S/C20H18F3N3O4/c1-28-15-8-6-13(7-9-15)18-25-14(12-29-18)10-11-24-19(27)26-16-4-2-3-5-17(16)30-20(21,22)23/h2-9,12H,10-11H2,1H3,(H2,24,26,27). The number of carbonyl (C=O) groups is 1. The Morgan fingerprint density at radius 2 is 1.87 bits per heavy atom. The number of rotatable bonds is 7. The summed E-state index contributed by atoms with van der Waals surface area (Å²) >= 11 is 0. The van der Waals surface area contributed by atoms with Gasteiger partial charge in [-0.05, 0) is 36.4 Å². The highest BCUT2D eigenvalue weighted by Gasteiger charge is 2.32. The number of nitrogens with zero attached hydrogens (tertiary/aromatic N) is 1. The zero-order valence-corrected chi connectivity index (χ0v) is 15.8. The zero-order valence-electron chi connectivity index (χ0n) is 15.8. The van der Waals surface area contributed by atoms with Gasteiger partial charge in [-0.15, -0.1) is 13.2 Å². The van der Waals surface area contributed by atoms with Crippen LogP contribution in [0.2, 0.25) is 0 Å². The molecule has 10 heteroatoms. The molecule has 0 spiro atoms. The SMILES string of the molecule is COc1ccc(-c2nc(CCNC(=O)Nc3ccccc3OC(F)(F)F)co2)cc1. The fraction of sp³-hybridized carbons (Fsp3) is 0.200. The maximum atomic E-state index is 12.4. The van der Waals surface area contributed by atoms with E-state index in [0.717, 1.165) is 11.6 Å². The van der Waals surface area contributed by atoms with Gasteiger partial charge in [0.25, 0.3) is 0 Å². The van der Waals surface area contributed by atoms with Crippen LogP contribution in [-0.2, 0) is 6.42 Å². The molecule has 0 bridgehead atoms. The van der Waals surface area contributed by atoms with Crippen LogP contribution in [0.25, 0.3) is 11.5 Å². The number of halogens is 3. The molecular formula is C20H18F3N3O4. The van der Waals surface area contributed by atoms with Crippen molar-refractivity contribution in [3.63, 3.8) is 0 Å². The normalized spacial score (nSPS) is 11.1. The van der Waals surface area contributed by atoms with Gasteiger partial charge in [-0.25, -0.2) is 9.78 Å². The van der Waals surface area contributed by atoms with Crippen LogP contribution in [-0.4, -0.2) is 31.0 Å². The van der Waals surface area contributed by atoms with Crippen molar-refractivity contribution < 1.29 is 31.9 Å². The quantitative estimate of drug-likeness (QED) is 0.582. The minimum absolute atomic E-state index is 0.101. The number of alkyl halides is 3.